The van der Waals surface area contributed by atoms with Crippen molar-refractivity contribution in [2.24, 2.45) is 5.73 Å². The summed E-state index contributed by atoms with van der Waals surface area (Å²) in [5.41, 5.74) is 7.92. The van der Waals surface area contributed by atoms with Gasteiger partial charge in [-0.05, 0) is 28.7 Å². The maximum Gasteiger partial charge on any atom is 0.130 e. The van der Waals surface area contributed by atoms with Crippen LogP contribution in [0.2, 0.25) is 0 Å². The van der Waals surface area contributed by atoms with Crippen LogP contribution < -0.4 is 10.5 Å². The lowest BCUT2D eigenvalue weighted by molar-refractivity contribution is 0.291. The van der Waals surface area contributed by atoms with E-state index in [9.17, 15) is 4.39 Å². The Labute approximate surface area is 125 Å². The topological polar surface area (TPSA) is 35.2 Å². The predicted molar refractivity (Wildman–Crippen MR) is 83.8 cm³/mol. The Balaban J connectivity index is 2.17. The van der Waals surface area contributed by atoms with Crippen molar-refractivity contribution in [1.29, 1.82) is 0 Å². The van der Waals surface area contributed by atoms with E-state index in [0.717, 1.165) is 16.9 Å². The van der Waals surface area contributed by atoms with Gasteiger partial charge < -0.3 is 10.5 Å². The Kier molecular flexibility index (Phi) is 4.63. The molecule has 0 saturated heterocycles. The molecule has 0 bridgehead atoms. The normalized spacial score (nSPS) is 11.5. The second kappa shape index (κ2) is 6.27. The fourth-order valence-corrected chi connectivity index (χ4v) is 2.20. The first kappa shape index (κ1) is 15.5. The Morgan fingerprint density at radius 2 is 1.81 bits per heavy atom. The van der Waals surface area contributed by atoms with Gasteiger partial charge in [0, 0.05) is 12.1 Å². The van der Waals surface area contributed by atoms with Gasteiger partial charge in [-0.3, -0.25) is 0 Å². The van der Waals surface area contributed by atoms with Crippen molar-refractivity contribution in [1.82, 2.24) is 0 Å². The molecular formula is C18H22FNO. The second-order valence-electron chi connectivity index (χ2n) is 6.16. The number of ether oxygens (including phenoxy) is 1. The first-order chi connectivity index (χ1) is 9.91. The molecule has 0 aliphatic carbocycles. The van der Waals surface area contributed by atoms with Gasteiger partial charge in [-0.1, -0.05) is 51.1 Å². The van der Waals surface area contributed by atoms with Crippen molar-refractivity contribution >= 4 is 0 Å². The first-order valence-electron chi connectivity index (χ1n) is 7.11. The zero-order valence-electron chi connectivity index (χ0n) is 12.8. The number of rotatable bonds is 4. The average molecular weight is 287 g/mol. The number of benzene rings is 2. The minimum Gasteiger partial charge on any atom is -0.488 e. The smallest absolute Gasteiger partial charge is 0.130 e. The molecule has 0 amide bonds. The van der Waals surface area contributed by atoms with Crippen molar-refractivity contribution < 1.29 is 9.13 Å². The monoisotopic (exact) mass is 287 g/mol. The molecule has 112 valence electrons. The maximum atomic E-state index is 13.9. The Bertz CT molecular complexity index is 617. The van der Waals surface area contributed by atoms with Gasteiger partial charge in [0.25, 0.3) is 0 Å². The molecule has 0 unspecified atom stereocenters. The summed E-state index contributed by atoms with van der Waals surface area (Å²) in [5.74, 6) is 0.526. The SMILES string of the molecule is CC(C)(C)c1ccccc1OCc1ccc(CN)cc1F. The van der Waals surface area contributed by atoms with Gasteiger partial charge in [0.2, 0.25) is 0 Å². The van der Waals surface area contributed by atoms with Crippen LogP contribution in [0.15, 0.2) is 42.5 Å². The van der Waals surface area contributed by atoms with Crippen molar-refractivity contribution in [3.8, 4) is 5.75 Å². The summed E-state index contributed by atoms with van der Waals surface area (Å²) < 4.78 is 19.8. The summed E-state index contributed by atoms with van der Waals surface area (Å²) in [4.78, 5) is 0. The zero-order chi connectivity index (χ0) is 15.5. The fraction of sp³-hybridized carbons (Fsp3) is 0.333. The van der Waals surface area contributed by atoms with Crippen LogP contribution in [0.5, 0.6) is 5.75 Å². The molecule has 2 rings (SSSR count). The molecule has 0 heterocycles. The molecule has 0 spiro atoms. The molecule has 21 heavy (non-hydrogen) atoms. The minimum absolute atomic E-state index is 0.0153. The van der Waals surface area contributed by atoms with Gasteiger partial charge in [-0.2, -0.15) is 0 Å². The van der Waals surface area contributed by atoms with E-state index in [1.54, 1.807) is 6.07 Å². The van der Waals surface area contributed by atoms with Crippen molar-refractivity contribution in [3.63, 3.8) is 0 Å². The van der Waals surface area contributed by atoms with Gasteiger partial charge in [0.05, 0.1) is 0 Å². The van der Waals surface area contributed by atoms with E-state index in [1.807, 2.05) is 30.3 Å². The molecule has 2 aromatic carbocycles. The summed E-state index contributed by atoms with van der Waals surface area (Å²) in [5, 5.41) is 0. The lowest BCUT2D eigenvalue weighted by Gasteiger charge is -2.22. The third kappa shape index (κ3) is 3.82. The van der Waals surface area contributed by atoms with Crippen molar-refractivity contribution in [3.05, 3.63) is 65.0 Å². The van der Waals surface area contributed by atoms with Crippen LogP contribution in [0.4, 0.5) is 4.39 Å². The number of para-hydroxylation sites is 1. The lowest BCUT2D eigenvalue weighted by atomic mass is 9.86. The van der Waals surface area contributed by atoms with E-state index < -0.39 is 0 Å². The average Bonchev–Trinajstić information content (AvgIpc) is 2.45. The van der Waals surface area contributed by atoms with Crippen LogP contribution in [0, 0.1) is 5.82 Å². The lowest BCUT2D eigenvalue weighted by Crippen LogP contribution is -2.13. The molecule has 2 aromatic rings. The standard InChI is InChI=1S/C18H22FNO/c1-18(2,3)15-6-4-5-7-17(15)21-12-14-9-8-13(11-20)10-16(14)19/h4-10H,11-12,20H2,1-3H3. The number of hydrogen-bond donors (Lipinski definition) is 1. The van der Waals surface area contributed by atoms with Gasteiger partial charge in [0.15, 0.2) is 0 Å². The highest BCUT2D eigenvalue weighted by atomic mass is 19.1. The van der Waals surface area contributed by atoms with E-state index >= 15 is 0 Å². The van der Waals surface area contributed by atoms with Crippen LogP contribution in [0.3, 0.4) is 0 Å². The molecule has 0 radical (unpaired) electrons. The van der Waals surface area contributed by atoms with Crippen molar-refractivity contribution in [2.45, 2.75) is 39.3 Å². The molecule has 0 saturated carbocycles. The highest BCUT2D eigenvalue weighted by Gasteiger charge is 2.18. The second-order valence-corrected chi connectivity index (χ2v) is 6.16. The Hall–Kier alpha value is -1.87. The quantitative estimate of drug-likeness (QED) is 0.916. The number of halogens is 1. The highest BCUT2D eigenvalue weighted by molar-refractivity contribution is 5.38. The van der Waals surface area contributed by atoms with Crippen LogP contribution in [-0.4, -0.2) is 0 Å². The third-order valence-corrected chi connectivity index (χ3v) is 3.43. The van der Waals surface area contributed by atoms with Gasteiger partial charge in [-0.15, -0.1) is 0 Å². The van der Waals surface area contributed by atoms with Gasteiger partial charge in [-0.25, -0.2) is 4.39 Å². The fourth-order valence-electron chi connectivity index (χ4n) is 2.20. The molecule has 0 aliphatic heterocycles. The number of hydrogen-bond acceptors (Lipinski definition) is 2. The molecule has 0 aromatic heterocycles. The minimum atomic E-state index is -0.272. The van der Waals surface area contributed by atoms with E-state index in [-0.39, 0.29) is 17.8 Å². The molecule has 3 heteroatoms. The summed E-state index contributed by atoms with van der Waals surface area (Å²) >= 11 is 0. The van der Waals surface area contributed by atoms with Gasteiger partial charge >= 0.3 is 0 Å². The predicted octanol–water partition coefficient (Wildman–Crippen LogP) is 4.16. The van der Waals surface area contributed by atoms with E-state index in [4.69, 9.17) is 10.5 Å². The maximum absolute atomic E-state index is 13.9. The summed E-state index contributed by atoms with van der Waals surface area (Å²) in [6.07, 6.45) is 0. The number of nitrogens with two attached hydrogens (primary N) is 1. The van der Waals surface area contributed by atoms with Crippen molar-refractivity contribution in [2.75, 3.05) is 0 Å². The summed E-state index contributed by atoms with van der Waals surface area (Å²) in [7, 11) is 0. The third-order valence-electron chi connectivity index (χ3n) is 3.43. The Morgan fingerprint density at radius 3 is 2.43 bits per heavy atom. The van der Waals surface area contributed by atoms with E-state index in [1.165, 1.54) is 6.07 Å². The zero-order valence-corrected chi connectivity index (χ0v) is 12.8. The molecular weight excluding hydrogens is 265 g/mol. The van der Waals surface area contributed by atoms with Crippen LogP contribution in [0.25, 0.3) is 0 Å². The molecule has 0 fully saturated rings. The van der Waals surface area contributed by atoms with Gasteiger partial charge in [0.1, 0.15) is 18.2 Å². The highest BCUT2D eigenvalue weighted by Crippen LogP contribution is 2.31. The summed E-state index contributed by atoms with van der Waals surface area (Å²) in [6.45, 7) is 6.94. The molecule has 2 nitrogen and oxygen atoms in total. The Morgan fingerprint density at radius 1 is 1.10 bits per heavy atom. The molecule has 2 N–H and O–H groups in total. The van der Waals surface area contributed by atoms with E-state index in [0.29, 0.717) is 12.1 Å². The molecule has 0 aliphatic rings. The first-order valence-corrected chi connectivity index (χ1v) is 7.11. The van der Waals surface area contributed by atoms with Crippen LogP contribution in [0.1, 0.15) is 37.5 Å². The largest absolute Gasteiger partial charge is 0.488 e. The summed E-state index contributed by atoms with van der Waals surface area (Å²) in [6, 6.07) is 12.9. The van der Waals surface area contributed by atoms with Crippen LogP contribution in [-0.2, 0) is 18.6 Å². The molecule has 0 atom stereocenters. The van der Waals surface area contributed by atoms with Crippen LogP contribution >= 0.6 is 0 Å². The van der Waals surface area contributed by atoms with E-state index in [2.05, 4.69) is 20.8 Å².